The second-order valence-electron chi connectivity index (χ2n) is 4.93. The molecule has 0 radical (unpaired) electrons. The molecule has 0 bridgehead atoms. The first-order valence-corrected chi connectivity index (χ1v) is 6.08. The maximum absolute atomic E-state index is 13.6. The average Bonchev–Trinajstić information content (AvgIpc) is 2.27. The molecule has 2 atom stereocenters. The number of nitrogens with two attached hydrogens (primary N) is 1. The third kappa shape index (κ3) is 2.88. The van der Waals surface area contributed by atoms with E-state index in [-0.39, 0.29) is 5.82 Å². The number of halogens is 1. The van der Waals surface area contributed by atoms with Crippen molar-refractivity contribution in [1.29, 1.82) is 0 Å². The Morgan fingerprint density at radius 3 is 2.88 bits per heavy atom. The number of nitrogen functional groups attached to an aromatic ring is 1. The molecule has 17 heavy (non-hydrogen) atoms. The van der Waals surface area contributed by atoms with Crippen molar-refractivity contribution < 1.29 is 4.39 Å². The average molecular weight is 237 g/mol. The Balaban J connectivity index is 2.01. The van der Waals surface area contributed by atoms with Crippen molar-refractivity contribution in [2.45, 2.75) is 31.8 Å². The molecule has 0 spiro atoms. The van der Waals surface area contributed by atoms with E-state index in [4.69, 9.17) is 5.73 Å². The molecule has 4 heteroatoms. The van der Waals surface area contributed by atoms with Gasteiger partial charge in [-0.05, 0) is 45.0 Å². The molecule has 2 unspecified atom stereocenters. The second kappa shape index (κ2) is 4.92. The van der Waals surface area contributed by atoms with Gasteiger partial charge in [-0.15, -0.1) is 0 Å². The molecule has 1 fully saturated rings. The highest BCUT2D eigenvalue weighted by atomic mass is 19.1. The first kappa shape index (κ1) is 12.2. The molecular formula is C13H20FN3. The molecular weight excluding hydrogens is 217 g/mol. The number of nitrogens with zero attached hydrogens (tertiary/aromatic N) is 1. The summed E-state index contributed by atoms with van der Waals surface area (Å²) in [5, 5.41) is 3.27. The van der Waals surface area contributed by atoms with Crippen LogP contribution in [-0.2, 0) is 0 Å². The molecule has 3 nitrogen and oxygen atoms in total. The maximum Gasteiger partial charge on any atom is 0.148 e. The van der Waals surface area contributed by atoms with Gasteiger partial charge >= 0.3 is 0 Å². The van der Waals surface area contributed by atoms with Crippen molar-refractivity contribution in [3.05, 3.63) is 24.0 Å². The van der Waals surface area contributed by atoms with E-state index < -0.39 is 0 Å². The van der Waals surface area contributed by atoms with Crippen LogP contribution in [0.4, 0.5) is 15.8 Å². The molecule has 1 saturated heterocycles. The molecule has 1 aromatic rings. The fourth-order valence-electron chi connectivity index (χ4n) is 2.29. The van der Waals surface area contributed by atoms with Gasteiger partial charge in [0.25, 0.3) is 0 Å². The third-order valence-electron chi connectivity index (χ3n) is 3.56. The summed E-state index contributed by atoms with van der Waals surface area (Å²) in [5.74, 6) is -0.267. The van der Waals surface area contributed by atoms with Crippen molar-refractivity contribution in [2.75, 3.05) is 24.6 Å². The topological polar surface area (TPSA) is 41.3 Å². The number of piperidine rings is 1. The van der Waals surface area contributed by atoms with Crippen LogP contribution >= 0.6 is 0 Å². The minimum absolute atomic E-state index is 0.267. The first-order chi connectivity index (χ1) is 8.06. The molecule has 1 aliphatic rings. The Bertz CT molecular complexity index is 394. The van der Waals surface area contributed by atoms with E-state index in [0.717, 1.165) is 19.4 Å². The Morgan fingerprint density at radius 2 is 2.24 bits per heavy atom. The molecule has 0 saturated carbocycles. The molecule has 1 aromatic carbocycles. The molecule has 1 aliphatic heterocycles. The Labute approximate surface area is 102 Å². The predicted molar refractivity (Wildman–Crippen MR) is 69.5 cm³/mol. The number of anilines is 2. The van der Waals surface area contributed by atoms with E-state index in [1.54, 1.807) is 12.1 Å². The van der Waals surface area contributed by atoms with Crippen LogP contribution in [0.25, 0.3) is 0 Å². The zero-order chi connectivity index (χ0) is 12.4. The van der Waals surface area contributed by atoms with Gasteiger partial charge in [0, 0.05) is 24.3 Å². The molecule has 0 aromatic heterocycles. The summed E-state index contributed by atoms with van der Waals surface area (Å²) in [6.07, 6.45) is 2.09. The Kier molecular flexibility index (Phi) is 3.52. The summed E-state index contributed by atoms with van der Waals surface area (Å²) in [5.41, 5.74) is 6.55. The smallest absolute Gasteiger partial charge is 0.148 e. The lowest BCUT2D eigenvalue weighted by Gasteiger charge is -2.35. The van der Waals surface area contributed by atoms with Gasteiger partial charge in [-0.25, -0.2) is 4.39 Å². The number of hydrogen-bond acceptors (Lipinski definition) is 3. The summed E-state index contributed by atoms with van der Waals surface area (Å²) < 4.78 is 13.6. The van der Waals surface area contributed by atoms with Gasteiger partial charge in [0.05, 0.1) is 5.69 Å². The molecule has 1 heterocycles. The summed E-state index contributed by atoms with van der Waals surface area (Å²) in [4.78, 5) is 2.33. The van der Waals surface area contributed by atoms with Crippen LogP contribution in [0.5, 0.6) is 0 Å². The Hall–Kier alpha value is -1.29. The minimum atomic E-state index is -0.267. The fraction of sp³-hybridized carbons (Fsp3) is 0.538. The molecule has 94 valence electrons. The van der Waals surface area contributed by atoms with Crippen molar-refractivity contribution in [2.24, 2.45) is 0 Å². The van der Waals surface area contributed by atoms with E-state index in [1.165, 1.54) is 6.07 Å². The lowest BCUT2D eigenvalue weighted by Crippen LogP contribution is -2.42. The van der Waals surface area contributed by atoms with Gasteiger partial charge in [0.1, 0.15) is 5.82 Å². The minimum Gasteiger partial charge on any atom is -0.399 e. The molecule has 3 N–H and O–H groups in total. The van der Waals surface area contributed by atoms with Crippen molar-refractivity contribution in [3.8, 4) is 0 Å². The Morgan fingerprint density at radius 1 is 1.47 bits per heavy atom. The van der Waals surface area contributed by atoms with Crippen LogP contribution in [0, 0.1) is 5.82 Å². The van der Waals surface area contributed by atoms with E-state index in [9.17, 15) is 4.39 Å². The molecule has 0 aliphatic carbocycles. The van der Waals surface area contributed by atoms with Crippen LogP contribution in [0.15, 0.2) is 18.2 Å². The largest absolute Gasteiger partial charge is 0.399 e. The number of benzene rings is 1. The maximum atomic E-state index is 13.6. The van der Waals surface area contributed by atoms with Crippen LogP contribution in [0.2, 0.25) is 0 Å². The van der Waals surface area contributed by atoms with Gasteiger partial charge in [0.15, 0.2) is 0 Å². The van der Waals surface area contributed by atoms with Gasteiger partial charge in [-0.3, -0.25) is 0 Å². The fourth-order valence-corrected chi connectivity index (χ4v) is 2.29. The number of nitrogens with one attached hydrogen (secondary N) is 1. The first-order valence-electron chi connectivity index (χ1n) is 6.08. The van der Waals surface area contributed by atoms with Crippen LogP contribution in [0.1, 0.15) is 19.8 Å². The second-order valence-corrected chi connectivity index (χ2v) is 4.93. The molecule has 2 rings (SSSR count). The number of likely N-dealkylation sites (tertiary alicyclic amines) is 1. The number of rotatable bonds is 2. The van der Waals surface area contributed by atoms with Crippen molar-refractivity contribution >= 4 is 11.4 Å². The van der Waals surface area contributed by atoms with Gasteiger partial charge < -0.3 is 16.0 Å². The summed E-state index contributed by atoms with van der Waals surface area (Å²) in [6.45, 7) is 3.25. The zero-order valence-corrected chi connectivity index (χ0v) is 10.4. The van der Waals surface area contributed by atoms with Crippen LogP contribution < -0.4 is 11.1 Å². The summed E-state index contributed by atoms with van der Waals surface area (Å²) in [6, 6.07) is 5.69. The number of hydrogen-bond donors (Lipinski definition) is 2. The summed E-state index contributed by atoms with van der Waals surface area (Å²) >= 11 is 0. The van der Waals surface area contributed by atoms with Gasteiger partial charge in [-0.1, -0.05) is 0 Å². The van der Waals surface area contributed by atoms with Gasteiger partial charge in [-0.2, -0.15) is 0 Å². The van der Waals surface area contributed by atoms with E-state index in [0.29, 0.717) is 23.5 Å². The zero-order valence-electron chi connectivity index (χ0n) is 10.4. The normalized spacial score (nSPS) is 25.8. The monoisotopic (exact) mass is 237 g/mol. The SMILES string of the molecule is CC1CC(Nc2ccc(N)cc2F)CCN1C. The van der Waals surface area contributed by atoms with E-state index in [2.05, 4.69) is 24.2 Å². The third-order valence-corrected chi connectivity index (χ3v) is 3.56. The highest BCUT2D eigenvalue weighted by Gasteiger charge is 2.23. The highest BCUT2D eigenvalue weighted by molar-refractivity contribution is 5.53. The lowest BCUT2D eigenvalue weighted by molar-refractivity contribution is 0.190. The highest BCUT2D eigenvalue weighted by Crippen LogP contribution is 2.22. The summed E-state index contributed by atoms with van der Waals surface area (Å²) in [7, 11) is 2.13. The standard InChI is InChI=1S/C13H20FN3/c1-9-7-11(5-6-17(9)2)16-13-4-3-10(15)8-12(13)14/h3-4,8-9,11,16H,5-7,15H2,1-2H3. The van der Waals surface area contributed by atoms with Crippen LogP contribution in [-0.4, -0.2) is 30.6 Å². The lowest BCUT2D eigenvalue weighted by atomic mass is 9.98. The van der Waals surface area contributed by atoms with E-state index in [1.807, 2.05) is 0 Å². The quantitative estimate of drug-likeness (QED) is 0.775. The van der Waals surface area contributed by atoms with Gasteiger partial charge in [0.2, 0.25) is 0 Å². The van der Waals surface area contributed by atoms with Crippen molar-refractivity contribution in [3.63, 3.8) is 0 Å². The van der Waals surface area contributed by atoms with Crippen molar-refractivity contribution in [1.82, 2.24) is 4.90 Å². The predicted octanol–water partition coefficient (Wildman–Crippen LogP) is 2.30. The van der Waals surface area contributed by atoms with E-state index >= 15 is 0 Å². The van der Waals surface area contributed by atoms with Crippen LogP contribution in [0.3, 0.4) is 0 Å². The molecule has 0 amide bonds.